The van der Waals surface area contributed by atoms with Crippen molar-refractivity contribution in [2.45, 2.75) is 39.3 Å². The highest BCUT2D eigenvalue weighted by Gasteiger charge is 2.30. The van der Waals surface area contributed by atoms with Crippen LogP contribution in [0.2, 0.25) is 6.04 Å². The summed E-state index contributed by atoms with van der Waals surface area (Å²) in [5.74, 6) is 0. The van der Waals surface area contributed by atoms with Crippen molar-refractivity contribution >= 4 is 9.52 Å². The average molecular weight is 206 g/mol. The first kappa shape index (κ1) is 13.1. The molecule has 0 atom stereocenters. The minimum absolute atomic E-state index is 0.471. The number of hydrogen-bond acceptors (Lipinski definition) is 3. The van der Waals surface area contributed by atoms with Crippen molar-refractivity contribution in [1.82, 2.24) is 0 Å². The predicted octanol–water partition coefficient (Wildman–Crippen LogP) is 1.31. The molecule has 0 aliphatic rings. The minimum atomic E-state index is -0.660. The molecular weight excluding hydrogens is 184 g/mol. The molecule has 0 radical (unpaired) electrons. The molecule has 0 saturated heterocycles. The predicted molar refractivity (Wildman–Crippen MR) is 56.6 cm³/mol. The van der Waals surface area contributed by atoms with Gasteiger partial charge in [-0.1, -0.05) is 13.0 Å². The second-order valence-corrected chi connectivity index (χ2v) is 5.10. The lowest BCUT2D eigenvalue weighted by Crippen LogP contribution is -2.45. The van der Waals surface area contributed by atoms with Gasteiger partial charge in [0.15, 0.2) is 0 Å². The van der Waals surface area contributed by atoms with Crippen LogP contribution in [0, 0.1) is 0 Å². The van der Waals surface area contributed by atoms with Crippen LogP contribution in [0.1, 0.15) is 27.7 Å². The Balaban J connectivity index is 4.19. The molecule has 4 heteroatoms. The molecule has 0 spiro atoms. The fourth-order valence-corrected chi connectivity index (χ4v) is 2.97. The molecule has 3 nitrogen and oxygen atoms in total. The summed E-state index contributed by atoms with van der Waals surface area (Å²) in [4.78, 5) is 0. The maximum Gasteiger partial charge on any atom is 0.249 e. The second kappa shape index (κ2) is 7.50. The van der Waals surface area contributed by atoms with Crippen molar-refractivity contribution in [3.05, 3.63) is 0 Å². The summed E-state index contributed by atoms with van der Waals surface area (Å²) in [5, 5.41) is 0. The van der Waals surface area contributed by atoms with E-state index in [0.717, 1.165) is 6.04 Å². The second-order valence-electron chi connectivity index (χ2n) is 2.73. The van der Waals surface area contributed by atoms with E-state index in [1.54, 1.807) is 0 Å². The Morgan fingerprint density at radius 3 is 1.46 bits per heavy atom. The van der Waals surface area contributed by atoms with E-state index < -0.39 is 15.1 Å². The first-order valence-electron chi connectivity index (χ1n) is 5.16. The van der Waals surface area contributed by atoms with Gasteiger partial charge in [-0.25, -0.2) is 0 Å². The molecule has 0 aromatic heterocycles. The molecule has 0 N–H and O–H groups in total. The smallest absolute Gasteiger partial charge is 0.249 e. The lowest BCUT2D eigenvalue weighted by molar-refractivity contribution is -0.323. The van der Waals surface area contributed by atoms with Gasteiger partial charge in [0.05, 0.1) is 0 Å². The van der Waals surface area contributed by atoms with E-state index in [0.29, 0.717) is 19.8 Å². The van der Waals surface area contributed by atoms with Gasteiger partial charge in [-0.05, 0) is 20.8 Å². The third kappa shape index (κ3) is 4.76. The summed E-state index contributed by atoms with van der Waals surface area (Å²) < 4.78 is 16.7. The normalized spacial score (nSPS) is 12.9. The maximum atomic E-state index is 5.57. The molecule has 80 valence electrons. The van der Waals surface area contributed by atoms with E-state index in [2.05, 4.69) is 6.92 Å². The van der Waals surface area contributed by atoms with E-state index in [-0.39, 0.29) is 0 Å². The topological polar surface area (TPSA) is 27.7 Å². The van der Waals surface area contributed by atoms with E-state index in [4.69, 9.17) is 14.2 Å². The molecular formula is C9H22O3Si. The van der Waals surface area contributed by atoms with Crippen molar-refractivity contribution in [2.24, 2.45) is 0 Å². The van der Waals surface area contributed by atoms with Crippen molar-refractivity contribution in [3.8, 4) is 0 Å². The Morgan fingerprint density at radius 2 is 1.23 bits per heavy atom. The van der Waals surface area contributed by atoms with Crippen LogP contribution in [0.5, 0.6) is 0 Å². The number of ether oxygens (including phenoxy) is 3. The van der Waals surface area contributed by atoms with Gasteiger partial charge in [0.2, 0.25) is 5.60 Å². The highest BCUT2D eigenvalue weighted by atomic mass is 28.2. The van der Waals surface area contributed by atoms with Gasteiger partial charge < -0.3 is 14.2 Å². The van der Waals surface area contributed by atoms with Crippen LogP contribution in [0.25, 0.3) is 0 Å². The van der Waals surface area contributed by atoms with Gasteiger partial charge in [0.1, 0.15) is 9.52 Å². The van der Waals surface area contributed by atoms with Gasteiger partial charge in [-0.15, -0.1) is 0 Å². The fraction of sp³-hybridized carbons (Fsp3) is 1.00. The molecule has 0 rings (SSSR count). The van der Waals surface area contributed by atoms with Crippen LogP contribution in [0.15, 0.2) is 0 Å². The summed E-state index contributed by atoms with van der Waals surface area (Å²) in [6.45, 7) is 10.00. The Labute approximate surface area is 83.6 Å². The van der Waals surface area contributed by atoms with Crippen molar-refractivity contribution in [1.29, 1.82) is 0 Å². The third-order valence-electron chi connectivity index (χ3n) is 1.65. The van der Waals surface area contributed by atoms with Gasteiger partial charge >= 0.3 is 0 Å². The van der Waals surface area contributed by atoms with Crippen LogP contribution in [-0.4, -0.2) is 34.9 Å². The minimum Gasteiger partial charge on any atom is -0.332 e. The van der Waals surface area contributed by atoms with Crippen molar-refractivity contribution < 1.29 is 14.2 Å². The van der Waals surface area contributed by atoms with Crippen LogP contribution < -0.4 is 0 Å². The molecule has 0 aliphatic carbocycles. The maximum absolute atomic E-state index is 5.57. The highest BCUT2D eigenvalue weighted by molar-refractivity contribution is 6.38. The summed E-state index contributed by atoms with van der Waals surface area (Å²) in [7, 11) is -0.471. The Kier molecular flexibility index (Phi) is 7.55. The molecule has 0 aromatic rings. The highest BCUT2D eigenvalue weighted by Crippen LogP contribution is 2.15. The van der Waals surface area contributed by atoms with Crippen molar-refractivity contribution in [3.63, 3.8) is 0 Å². The van der Waals surface area contributed by atoms with E-state index in [1.165, 1.54) is 0 Å². The van der Waals surface area contributed by atoms with Crippen molar-refractivity contribution in [2.75, 3.05) is 19.8 Å². The van der Waals surface area contributed by atoms with Crippen LogP contribution in [0.4, 0.5) is 0 Å². The standard InChI is InChI=1S/C9H22O3Si/c1-5-10-9(11-6-2,12-7-3)13-8-4/h5-8,13H2,1-4H3. The van der Waals surface area contributed by atoms with E-state index >= 15 is 0 Å². The molecule has 0 aromatic carbocycles. The Morgan fingerprint density at radius 1 is 0.846 bits per heavy atom. The van der Waals surface area contributed by atoms with Gasteiger partial charge in [-0.3, -0.25) is 0 Å². The van der Waals surface area contributed by atoms with Gasteiger partial charge in [-0.2, -0.15) is 0 Å². The Hall–Kier alpha value is 0.0969. The third-order valence-corrected chi connectivity index (χ3v) is 3.37. The van der Waals surface area contributed by atoms with Gasteiger partial charge in [0.25, 0.3) is 0 Å². The molecule has 0 unspecified atom stereocenters. The summed E-state index contributed by atoms with van der Waals surface area (Å²) >= 11 is 0. The molecule has 0 fully saturated rings. The lowest BCUT2D eigenvalue weighted by atomic mass is 10.8. The zero-order valence-electron chi connectivity index (χ0n) is 9.26. The van der Waals surface area contributed by atoms with E-state index in [9.17, 15) is 0 Å². The summed E-state index contributed by atoms with van der Waals surface area (Å²) in [5.41, 5.74) is -0.660. The Bertz CT molecular complexity index is 89.9. The van der Waals surface area contributed by atoms with Crippen LogP contribution in [-0.2, 0) is 14.2 Å². The molecule has 0 saturated carbocycles. The lowest BCUT2D eigenvalue weighted by Gasteiger charge is -2.32. The van der Waals surface area contributed by atoms with Gasteiger partial charge in [0, 0.05) is 19.8 Å². The monoisotopic (exact) mass is 206 g/mol. The molecule has 0 bridgehead atoms. The first-order valence-corrected chi connectivity index (χ1v) is 6.87. The average Bonchev–Trinajstić information content (AvgIpc) is 2.06. The number of rotatable bonds is 8. The molecule has 0 aliphatic heterocycles. The van der Waals surface area contributed by atoms with Crippen LogP contribution >= 0.6 is 0 Å². The SMILES string of the molecule is CCOC(OCC)(OCC)[SiH2]CC. The zero-order chi connectivity index (χ0) is 10.2. The zero-order valence-corrected chi connectivity index (χ0v) is 10.7. The molecule has 13 heavy (non-hydrogen) atoms. The van der Waals surface area contributed by atoms with E-state index in [1.807, 2.05) is 20.8 Å². The fourth-order valence-electron chi connectivity index (χ4n) is 1.31. The quantitative estimate of drug-likeness (QED) is 0.443. The summed E-state index contributed by atoms with van der Waals surface area (Å²) in [6, 6.07) is 1.12. The first-order chi connectivity index (χ1) is 6.24. The number of hydrogen-bond donors (Lipinski definition) is 0. The summed E-state index contributed by atoms with van der Waals surface area (Å²) in [6.07, 6.45) is 0. The molecule has 0 amide bonds. The molecule has 0 heterocycles. The van der Waals surface area contributed by atoms with Crippen LogP contribution in [0.3, 0.4) is 0 Å². The largest absolute Gasteiger partial charge is 0.332 e.